The molecule has 0 saturated heterocycles. The number of allylic oxidation sites excluding steroid dienone is 1. The van der Waals surface area contributed by atoms with Crippen molar-refractivity contribution in [3.05, 3.63) is 12.7 Å². The lowest BCUT2D eigenvalue weighted by atomic mass is 9.44. The van der Waals surface area contributed by atoms with E-state index in [-0.39, 0.29) is 0 Å². The van der Waals surface area contributed by atoms with E-state index in [1.807, 2.05) is 7.11 Å². The first kappa shape index (κ1) is 16.2. The molecule has 0 aromatic carbocycles. The molecule has 0 aromatic heterocycles. The molecule has 4 aliphatic rings. The van der Waals surface area contributed by atoms with Crippen LogP contribution in [0.2, 0.25) is 0 Å². The van der Waals surface area contributed by atoms with Crippen molar-refractivity contribution in [2.45, 2.75) is 77.7 Å². The van der Waals surface area contributed by atoms with Crippen molar-refractivity contribution in [1.82, 2.24) is 0 Å². The molecule has 0 spiro atoms. The maximum Gasteiger partial charge on any atom is 0.0574 e. The van der Waals surface area contributed by atoms with E-state index in [4.69, 9.17) is 4.74 Å². The average Bonchev–Trinajstić information content (AvgIpc) is 2.90. The Labute approximate surface area is 143 Å². The van der Waals surface area contributed by atoms with Crippen LogP contribution in [-0.4, -0.2) is 13.2 Å². The third kappa shape index (κ3) is 2.21. The molecule has 0 aromatic rings. The third-order valence-corrected chi connectivity index (χ3v) is 9.31. The molecule has 4 fully saturated rings. The van der Waals surface area contributed by atoms with E-state index in [9.17, 15) is 0 Å². The van der Waals surface area contributed by atoms with E-state index in [1.165, 1.54) is 57.8 Å². The molecule has 2 unspecified atom stereocenters. The lowest BCUT2D eigenvalue weighted by Gasteiger charge is -2.61. The van der Waals surface area contributed by atoms with Crippen LogP contribution in [0.1, 0.15) is 71.6 Å². The van der Waals surface area contributed by atoms with Gasteiger partial charge in [-0.15, -0.1) is 6.58 Å². The van der Waals surface area contributed by atoms with Gasteiger partial charge in [-0.05, 0) is 98.2 Å². The fourth-order valence-corrected chi connectivity index (χ4v) is 7.86. The second-order valence-corrected chi connectivity index (χ2v) is 9.75. The predicted molar refractivity (Wildman–Crippen MR) is 96.2 cm³/mol. The third-order valence-electron chi connectivity index (χ3n) is 9.31. The van der Waals surface area contributed by atoms with Gasteiger partial charge in [0, 0.05) is 7.11 Å². The molecule has 0 heterocycles. The van der Waals surface area contributed by atoms with Crippen LogP contribution in [0.4, 0.5) is 0 Å². The van der Waals surface area contributed by atoms with E-state index in [0.29, 0.717) is 16.9 Å². The van der Waals surface area contributed by atoms with E-state index in [1.54, 1.807) is 0 Å². The zero-order valence-electron chi connectivity index (χ0n) is 15.5. The fourth-order valence-electron chi connectivity index (χ4n) is 7.86. The number of methoxy groups -OCH3 is 1. The van der Waals surface area contributed by atoms with Crippen LogP contribution in [0.3, 0.4) is 0 Å². The standard InChI is InChI=1S/C22H36O/c1-5-15-7-9-19-18-8-6-16-14-17(23-4)10-12-22(16,3)20(18)11-13-21(15,19)2/h5,15-20H,1,6-14H2,2-4H3/t15-,16?,17?,18-,19-,20-,21+,22-/m0/s1. The van der Waals surface area contributed by atoms with Crippen LogP contribution in [-0.2, 0) is 4.74 Å². The van der Waals surface area contributed by atoms with Crippen LogP contribution in [0.5, 0.6) is 0 Å². The molecule has 0 aliphatic heterocycles. The first-order valence-corrected chi connectivity index (χ1v) is 10.2. The Morgan fingerprint density at radius 2 is 1.65 bits per heavy atom. The van der Waals surface area contributed by atoms with Gasteiger partial charge in [0.05, 0.1) is 6.10 Å². The fraction of sp³-hybridized carbons (Fsp3) is 0.909. The van der Waals surface area contributed by atoms with E-state index in [0.717, 1.165) is 29.6 Å². The summed E-state index contributed by atoms with van der Waals surface area (Å²) >= 11 is 0. The number of fused-ring (bicyclic) bond motifs is 5. The van der Waals surface area contributed by atoms with Crippen molar-refractivity contribution < 1.29 is 4.74 Å². The van der Waals surface area contributed by atoms with Crippen LogP contribution >= 0.6 is 0 Å². The van der Waals surface area contributed by atoms with Gasteiger partial charge < -0.3 is 4.74 Å². The number of ether oxygens (including phenoxy) is 1. The largest absolute Gasteiger partial charge is 0.381 e. The van der Waals surface area contributed by atoms with E-state index < -0.39 is 0 Å². The summed E-state index contributed by atoms with van der Waals surface area (Å²) in [5, 5.41) is 0. The summed E-state index contributed by atoms with van der Waals surface area (Å²) in [5.41, 5.74) is 1.17. The normalized spacial score (nSPS) is 55.6. The van der Waals surface area contributed by atoms with Gasteiger partial charge in [0.2, 0.25) is 0 Å². The molecule has 0 amide bonds. The molecule has 4 saturated carbocycles. The molecule has 23 heavy (non-hydrogen) atoms. The summed E-state index contributed by atoms with van der Waals surface area (Å²) in [5.74, 6) is 4.66. The Balaban J connectivity index is 1.59. The minimum Gasteiger partial charge on any atom is -0.381 e. The van der Waals surface area contributed by atoms with Crippen molar-refractivity contribution in [3.8, 4) is 0 Å². The molecule has 0 N–H and O–H groups in total. The minimum atomic E-state index is 0.537. The Kier molecular flexibility index (Phi) is 3.95. The van der Waals surface area contributed by atoms with E-state index >= 15 is 0 Å². The Morgan fingerprint density at radius 3 is 2.39 bits per heavy atom. The Morgan fingerprint density at radius 1 is 0.913 bits per heavy atom. The van der Waals surface area contributed by atoms with Crippen LogP contribution < -0.4 is 0 Å². The van der Waals surface area contributed by atoms with Crippen molar-refractivity contribution in [2.24, 2.45) is 40.4 Å². The van der Waals surface area contributed by atoms with E-state index in [2.05, 4.69) is 26.5 Å². The van der Waals surface area contributed by atoms with Crippen molar-refractivity contribution in [3.63, 3.8) is 0 Å². The second-order valence-electron chi connectivity index (χ2n) is 9.75. The molecule has 8 atom stereocenters. The van der Waals surface area contributed by atoms with Gasteiger partial charge >= 0.3 is 0 Å². The quantitative estimate of drug-likeness (QED) is 0.581. The van der Waals surface area contributed by atoms with Gasteiger partial charge in [-0.1, -0.05) is 19.9 Å². The van der Waals surface area contributed by atoms with Gasteiger partial charge in [-0.2, -0.15) is 0 Å². The maximum atomic E-state index is 5.72. The summed E-state index contributed by atoms with van der Waals surface area (Å²) in [6.45, 7) is 9.42. The number of rotatable bonds is 2. The zero-order chi connectivity index (χ0) is 16.2. The topological polar surface area (TPSA) is 9.23 Å². The minimum absolute atomic E-state index is 0.537. The highest BCUT2D eigenvalue weighted by Crippen LogP contribution is 2.67. The van der Waals surface area contributed by atoms with Crippen LogP contribution in [0.25, 0.3) is 0 Å². The predicted octanol–water partition coefficient (Wildman–Crippen LogP) is 5.85. The average molecular weight is 317 g/mol. The molecule has 0 radical (unpaired) electrons. The lowest BCUT2D eigenvalue weighted by molar-refractivity contribution is -0.128. The molecule has 0 bridgehead atoms. The van der Waals surface area contributed by atoms with Crippen LogP contribution in [0, 0.1) is 40.4 Å². The van der Waals surface area contributed by atoms with Crippen molar-refractivity contribution in [2.75, 3.05) is 7.11 Å². The molecule has 1 heteroatoms. The smallest absolute Gasteiger partial charge is 0.0574 e. The van der Waals surface area contributed by atoms with Gasteiger partial charge in [-0.25, -0.2) is 0 Å². The van der Waals surface area contributed by atoms with Crippen molar-refractivity contribution in [1.29, 1.82) is 0 Å². The second kappa shape index (κ2) is 5.61. The summed E-state index contributed by atoms with van der Waals surface area (Å²) in [6, 6.07) is 0. The molecule has 130 valence electrons. The van der Waals surface area contributed by atoms with Crippen LogP contribution in [0.15, 0.2) is 12.7 Å². The molecular formula is C22H36O. The van der Waals surface area contributed by atoms with Crippen molar-refractivity contribution >= 4 is 0 Å². The Hall–Kier alpha value is -0.300. The summed E-state index contributed by atoms with van der Waals surface area (Å²) in [7, 11) is 1.92. The molecule has 4 aliphatic carbocycles. The van der Waals surface area contributed by atoms with Gasteiger partial charge in [0.15, 0.2) is 0 Å². The zero-order valence-corrected chi connectivity index (χ0v) is 15.5. The number of hydrogen-bond acceptors (Lipinski definition) is 1. The summed E-state index contributed by atoms with van der Waals surface area (Å²) in [4.78, 5) is 0. The monoisotopic (exact) mass is 316 g/mol. The highest BCUT2D eigenvalue weighted by molar-refractivity contribution is 5.11. The van der Waals surface area contributed by atoms with Gasteiger partial charge in [-0.3, -0.25) is 0 Å². The molecule has 4 rings (SSSR count). The number of hydrogen-bond donors (Lipinski definition) is 0. The highest BCUT2D eigenvalue weighted by atomic mass is 16.5. The Bertz CT molecular complexity index is 471. The summed E-state index contributed by atoms with van der Waals surface area (Å²) < 4.78 is 5.72. The molecule has 1 nitrogen and oxygen atoms in total. The maximum absolute atomic E-state index is 5.72. The summed E-state index contributed by atoms with van der Waals surface area (Å²) in [6.07, 6.45) is 15.6. The lowest BCUT2D eigenvalue weighted by Crippen LogP contribution is -2.53. The first-order valence-electron chi connectivity index (χ1n) is 10.2. The SMILES string of the molecule is C=C[C@H]1CC[C@H]2[C@@H]3CCC4CC(OC)CC[C@]4(C)[C@H]3CC[C@]12C. The highest BCUT2D eigenvalue weighted by Gasteiger charge is 2.59. The van der Waals surface area contributed by atoms with Gasteiger partial charge in [0.1, 0.15) is 0 Å². The molecular weight excluding hydrogens is 280 g/mol. The van der Waals surface area contributed by atoms with Gasteiger partial charge in [0.25, 0.3) is 0 Å². The first-order chi connectivity index (χ1) is 11.0.